The first-order chi connectivity index (χ1) is 10.7. The lowest BCUT2D eigenvalue weighted by molar-refractivity contribution is -0.0443. The first-order valence-corrected chi connectivity index (χ1v) is 10.4. The van der Waals surface area contributed by atoms with E-state index < -0.39 is 13.8 Å². The molecule has 22 heavy (non-hydrogen) atoms. The molecule has 1 aromatic carbocycles. The molecule has 0 amide bonds. The zero-order valence-electron chi connectivity index (χ0n) is 14.1. The number of hydrogen-bond acceptors (Lipinski definition) is 4. The first kappa shape index (κ1) is 17.5. The van der Waals surface area contributed by atoms with Gasteiger partial charge < -0.3 is 19.3 Å². The maximum Gasteiger partial charge on any atom is 0.376 e. The van der Waals surface area contributed by atoms with Crippen molar-refractivity contribution < 1.29 is 13.6 Å². The van der Waals surface area contributed by atoms with Gasteiger partial charge in [-0.05, 0) is 39.3 Å². The molecule has 124 valence electrons. The molecule has 0 saturated carbocycles. The minimum Gasteiger partial charge on any atom is -0.398 e. The highest BCUT2D eigenvalue weighted by molar-refractivity contribution is 6.70. The van der Waals surface area contributed by atoms with Crippen LogP contribution in [0.1, 0.15) is 45.6 Å². The van der Waals surface area contributed by atoms with Crippen LogP contribution in [0.3, 0.4) is 0 Å². The van der Waals surface area contributed by atoms with E-state index in [2.05, 4.69) is 6.07 Å². The van der Waals surface area contributed by atoms with Crippen molar-refractivity contribution in [3.05, 3.63) is 29.8 Å². The average Bonchev–Trinajstić information content (AvgIpc) is 2.51. The predicted octanol–water partition coefficient (Wildman–Crippen LogP) is 3.74. The molecule has 0 aromatic heterocycles. The number of rotatable bonds is 7. The van der Waals surface area contributed by atoms with E-state index in [1.807, 2.05) is 39.0 Å². The van der Waals surface area contributed by atoms with Crippen molar-refractivity contribution in [3.63, 3.8) is 0 Å². The van der Waals surface area contributed by atoms with Gasteiger partial charge in [-0.15, -0.1) is 0 Å². The molecule has 0 bridgehead atoms. The van der Waals surface area contributed by atoms with Gasteiger partial charge in [0, 0.05) is 31.1 Å². The Hall–Kier alpha value is -0.883. The second kappa shape index (κ2) is 7.59. The molecule has 0 spiro atoms. The summed E-state index contributed by atoms with van der Waals surface area (Å²) in [5.41, 5.74) is 8.13. The molecule has 1 heterocycles. The van der Waals surface area contributed by atoms with E-state index in [1.165, 1.54) is 0 Å². The van der Waals surface area contributed by atoms with Gasteiger partial charge in [0.05, 0.1) is 0 Å². The molecule has 2 rings (SSSR count). The van der Waals surface area contributed by atoms with E-state index in [4.69, 9.17) is 19.3 Å². The van der Waals surface area contributed by atoms with Crippen LogP contribution in [0.5, 0.6) is 0 Å². The third-order valence-corrected chi connectivity index (χ3v) is 8.86. The van der Waals surface area contributed by atoms with Crippen LogP contribution in [0.25, 0.3) is 0 Å². The highest BCUT2D eigenvalue weighted by atomic mass is 28.4. The van der Waals surface area contributed by atoms with Crippen LogP contribution >= 0.6 is 0 Å². The minimum atomic E-state index is -2.56. The Bertz CT molecular complexity index is 467. The number of benzene rings is 1. The second-order valence-electron chi connectivity index (χ2n) is 5.67. The standard InChI is InChI=1S/C17H29NO3Si/c1-4-19-17(15-11-7-8-12-16(15)18)13-9-10-14-22(17,20-5-2)21-6-3/h7-8,11-12H,4-6,9-10,13-14,18H2,1-3H3. The van der Waals surface area contributed by atoms with Crippen molar-refractivity contribution in [1.82, 2.24) is 0 Å². The molecule has 1 saturated heterocycles. The topological polar surface area (TPSA) is 53.7 Å². The molecule has 1 fully saturated rings. The fraction of sp³-hybridized carbons (Fsp3) is 0.647. The molecule has 1 unspecified atom stereocenters. The molecule has 5 heteroatoms. The van der Waals surface area contributed by atoms with Crippen molar-refractivity contribution >= 4 is 14.2 Å². The summed E-state index contributed by atoms with van der Waals surface area (Å²) < 4.78 is 19.0. The highest BCUT2D eigenvalue weighted by Gasteiger charge is 2.61. The number of para-hydroxylation sites is 1. The SMILES string of the molecule is CCOC1(c2ccccc2N)CCCC[Si]1(OCC)OCC. The number of nitrogen functional groups attached to an aromatic ring is 1. The molecular formula is C17H29NO3Si. The van der Waals surface area contributed by atoms with Crippen molar-refractivity contribution in [1.29, 1.82) is 0 Å². The van der Waals surface area contributed by atoms with Crippen LogP contribution in [-0.2, 0) is 18.8 Å². The fourth-order valence-corrected chi connectivity index (χ4v) is 8.17. The monoisotopic (exact) mass is 323 g/mol. The molecule has 1 aromatic rings. The lowest BCUT2D eigenvalue weighted by Crippen LogP contribution is -2.64. The lowest BCUT2D eigenvalue weighted by atomic mass is 10.0. The van der Waals surface area contributed by atoms with Gasteiger partial charge in [-0.1, -0.05) is 31.0 Å². The minimum absolute atomic E-state index is 0.503. The summed E-state index contributed by atoms with van der Waals surface area (Å²) in [5.74, 6) is 0. The molecule has 0 aliphatic carbocycles. The van der Waals surface area contributed by atoms with E-state index in [9.17, 15) is 0 Å². The Morgan fingerprint density at radius 1 is 1.05 bits per heavy atom. The summed E-state index contributed by atoms with van der Waals surface area (Å²) in [7, 11) is -2.56. The van der Waals surface area contributed by atoms with E-state index in [1.54, 1.807) is 0 Å². The maximum absolute atomic E-state index is 6.39. The van der Waals surface area contributed by atoms with Crippen molar-refractivity contribution in [2.24, 2.45) is 0 Å². The van der Waals surface area contributed by atoms with Crippen LogP contribution < -0.4 is 5.73 Å². The second-order valence-corrected chi connectivity index (χ2v) is 9.06. The summed E-state index contributed by atoms with van der Waals surface area (Å²) in [5, 5.41) is -0.503. The van der Waals surface area contributed by atoms with Crippen LogP contribution in [0.4, 0.5) is 5.69 Å². The average molecular weight is 324 g/mol. The van der Waals surface area contributed by atoms with Crippen molar-refractivity contribution in [2.45, 2.75) is 51.3 Å². The van der Waals surface area contributed by atoms with E-state index in [0.717, 1.165) is 36.6 Å². The summed E-state index contributed by atoms with van der Waals surface area (Å²) in [6.07, 6.45) is 3.16. The Balaban J connectivity index is 2.59. The Morgan fingerprint density at radius 3 is 2.32 bits per heavy atom. The Morgan fingerprint density at radius 2 is 1.73 bits per heavy atom. The molecule has 1 aliphatic rings. The Kier molecular flexibility index (Phi) is 6.03. The van der Waals surface area contributed by atoms with E-state index >= 15 is 0 Å². The maximum atomic E-state index is 6.39. The number of hydrogen-bond donors (Lipinski definition) is 1. The van der Waals surface area contributed by atoms with E-state index in [-0.39, 0.29) is 0 Å². The van der Waals surface area contributed by atoms with Gasteiger partial charge >= 0.3 is 8.56 Å². The third-order valence-electron chi connectivity index (χ3n) is 4.44. The molecule has 0 radical (unpaired) electrons. The quantitative estimate of drug-likeness (QED) is 0.613. The molecular weight excluding hydrogens is 294 g/mol. The summed E-state index contributed by atoms with van der Waals surface area (Å²) in [4.78, 5) is 0. The normalized spacial score (nSPS) is 24.3. The van der Waals surface area contributed by atoms with Gasteiger partial charge in [-0.3, -0.25) is 0 Å². The predicted molar refractivity (Wildman–Crippen MR) is 91.8 cm³/mol. The van der Waals surface area contributed by atoms with Crippen molar-refractivity contribution in [3.8, 4) is 0 Å². The third kappa shape index (κ3) is 2.95. The van der Waals surface area contributed by atoms with Crippen LogP contribution in [0.2, 0.25) is 6.04 Å². The molecule has 1 atom stereocenters. The van der Waals surface area contributed by atoms with Gasteiger partial charge in [-0.25, -0.2) is 0 Å². The smallest absolute Gasteiger partial charge is 0.376 e. The van der Waals surface area contributed by atoms with Gasteiger partial charge in [0.25, 0.3) is 0 Å². The lowest BCUT2D eigenvalue weighted by Gasteiger charge is -2.50. The van der Waals surface area contributed by atoms with Crippen LogP contribution in [0.15, 0.2) is 24.3 Å². The molecule has 1 aliphatic heterocycles. The van der Waals surface area contributed by atoms with Gasteiger partial charge in [0.15, 0.2) is 0 Å². The molecule has 2 N–H and O–H groups in total. The largest absolute Gasteiger partial charge is 0.398 e. The van der Waals surface area contributed by atoms with Gasteiger partial charge in [0.2, 0.25) is 0 Å². The fourth-order valence-electron chi connectivity index (χ4n) is 3.72. The van der Waals surface area contributed by atoms with Crippen LogP contribution in [-0.4, -0.2) is 28.4 Å². The van der Waals surface area contributed by atoms with Gasteiger partial charge in [-0.2, -0.15) is 0 Å². The zero-order valence-corrected chi connectivity index (χ0v) is 15.1. The number of nitrogens with two attached hydrogens (primary N) is 1. The number of ether oxygens (including phenoxy) is 1. The van der Waals surface area contributed by atoms with E-state index in [0.29, 0.717) is 19.8 Å². The zero-order chi connectivity index (χ0) is 16.1. The number of anilines is 1. The summed E-state index contributed by atoms with van der Waals surface area (Å²) >= 11 is 0. The summed E-state index contributed by atoms with van der Waals surface area (Å²) in [6, 6.07) is 8.98. The Labute approximate surface area is 135 Å². The molecule has 4 nitrogen and oxygen atoms in total. The van der Waals surface area contributed by atoms with Crippen LogP contribution in [0, 0.1) is 0 Å². The summed E-state index contributed by atoms with van der Waals surface area (Å²) in [6.45, 7) is 8.03. The first-order valence-electron chi connectivity index (χ1n) is 8.42. The van der Waals surface area contributed by atoms with Gasteiger partial charge in [0.1, 0.15) is 5.22 Å². The van der Waals surface area contributed by atoms with Crippen molar-refractivity contribution in [2.75, 3.05) is 25.6 Å². The highest BCUT2D eigenvalue weighted by Crippen LogP contribution is 2.49.